The van der Waals surface area contributed by atoms with Gasteiger partial charge in [0.15, 0.2) is 0 Å². The molecule has 0 aliphatic carbocycles. The van der Waals surface area contributed by atoms with E-state index in [1.165, 1.54) is 16.7 Å². The Morgan fingerprint density at radius 1 is 0.955 bits per heavy atom. The van der Waals surface area contributed by atoms with Crippen LogP contribution in [0.1, 0.15) is 0 Å². The molecule has 4 heteroatoms. The van der Waals surface area contributed by atoms with Crippen molar-refractivity contribution >= 4 is 11.7 Å². The Balaban J connectivity index is 0.000000313. The molecule has 3 heterocycles. The second-order valence-electron chi connectivity index (χ2n) is 4.70. The maximum Gasteiger partial charge on any atom is 0.263 e. The fourth-order valence-corrected chi connectivity index (χ4v) is 2.09. The summed E-state index contributed by atoms with van der Waals surface area (Å²) in [6, 6.07) is 15.9. The van der Waals surface area contributed by atoms with Gasteiger partial charge >= 0.3 is 0 Å². The average molecular weight is 292 g/mol. The van der Waals surface area contributed by atoms with E-state index in [0.29, 0.717) is 11.1 Å². The molecule has 0 fully saturated rings. The van der Waals surface area contributed by atoms with Crippen LogP contribution in [0.25, 0.3) is 16.6 Å². The maximum atomic E-state index is 13.2. The molecule has 108 valence electrons. The van der Waals surface area contributed by atoms with Gasteiger partial charge in [0.2, 0.25) is 0 Å². The van der Waals surface area contributed by atoms with Crippen molar-refractivity contribution in [1.82, 2.24) is 4.40 Å². The third kappa shape index (κ3) is 2.86. The second kappa shape index (κ2) is 6.18. The molecule has 2 aromatic heterocycles. The highest BCUT2D eigenvalue weighted by molar-refractivity contribution is 5.76. The van der Waals surface area contributed by atoms with Crippen molar-refractivity contribution in [1.29, 1.82) is 0 Å². The predicted molar refractivity (Wildman–Crippen MR) is 86.7 cm³/mol. The molecule has 0 atom stereocenters. The van der Waals surface area contributed by atoms with Gasteiger partial charge in [0, 0.05) is 29.7 Å². The lowest BCUT2D eigenvalue weighted by Crippen LogP contribution is -2.15. The first-order valence-electron chi connectivity index (χ1n) is 6.80. The largest absolute Gasteiger partial charge is 0.281 e. The molecule has 1 aromatic carbocycles. The summed E-state index contributed by atoms with van der Waals surface area (Å²) in [7, 11) is 0. The Morgan fingerprint density at radius 2 is 1.59 bits per heavy atom. The highest BCUT2D eigenvalue weighted by Gasteiger charge is 2.05. The van der Waals surface area contributed by atoms with Gasteiger partial charge in [0.25, 0.3) is 5.56 Å². The molecular formula is C18H13FN2O. The van der Waals surface area contributed by atoms with Crippen LogP contribution in [0.4, 0.5) is 4.39 Å². The molecule has 0 N–H and O–H groups in total. The van der Waals surface area contributed by atoms with Gasteiger partial charge in [-0.15, -0.1) is 0 Å². The van der Waals surface area contributed by atoms with E-state index in [0.717, 1.165) is 5.56 Å². The number of rotatable bonds is 1. The van der Waals surface area contributed by atoms with E-state index in [-0.39, 0.29) is 5.56 Å². The van der Waals surface area contributed by atoms with Gasteiger partial charge in [-0.25, -0.2) is 4.39 Å². The Morgan fingerprint density at radius 3 is 2.23 bits per heavy atom. The molecule has 4 rings (SSSR count). The number of pyridine rings is 2. The monoisotopic (exact) mass is 292 g/mol. The molecule has 1 aliphatic heterocycles. The van der Waals surface area contributed by atoms with Crippen LogP contribution in [-0.2, 0) is 0 Å². The fraction of sp³-hybridized carbons (Fsp3) is 0. The number of hydrogen-bond acceptors (Lipinski definition) is 2. The van der Waals surface area contributed by atoms with Gasteiger partial charge in [0.1, 0.15) is 5.82 Å². The Labute approximate surface area is 126 Å². The summed E-state index contributed by atoms with van der Waals surface area (Å²) in [5, 5.41) is 0. The van der Waals surface area contributed by atoms with Gasteiger partial charge < -0.3 is 0 Å². The number of benzene rings is 1. The van der Waals surface area contributed by atoms with Crippen molar-refractivity contribution in [2.45, 2.75) is 0 Å². The third-order valence-corrected chi connectivity index (χ3v) is 3.24. The summed E-state index contributed by atoms with van der Waals surface area (Å²) in [6.07, 6.45) is 6.60. The lowest BCUT2D eigenvalue weighted by molar-refractivity contribution is 0.618. The summed E-state index contributed by atoms with van der Waals surface area (Å²) >= 11 is 0. The van der Waals surface area contributed by atoms with E-state index in [1.54, 1.807) is 24.5 Å². The van der Waals surface area contributed by atoms with Crippen LogP contribution in [0.2, 0.25) is 0 Å². The first-order chi connectivity index (χ1) is 10.8. The quantitative estimate of drug-likeness (QED) is 0.673. The van der Waals surface area contributed by atoms with E-state index in [4.69, 9.17) is 0 Å². The summed E-state index contributed by atoms with van der Waals surface area (Å²) in [5.74, 6) is -0.421. The van der Waals surface area contributed by atoms with E-state index in [2.05, 4.69) is 4.99 Å². The zero-order valence-electron chi connectivity index (χ0n) is 11.7. The summed E-state index contributed by atoms with van der Waals surface area (Å²) in [4.78, 5) is 15.9. The number of fused-ring (bicyclic) bond motifs is 1. The second-order valence-corrected chi connectivity index (χ2v) is 4.70. The highest BCUT2D eigenvalue weighted by Crippen LogP contribution is 2.15. The molecule has 0 saturated heterocycles. The molecule has 3 nitrogen and oxygen atoms in total. The Hall–Kier alpha value is -3.01. The van der Waals surface area contributed by atoms with Gasteiger partial charge in [-0.3, -0.25) is 14.2 Å². The lowest BCUT2D eigenvalue weighted by atomic mass is 10.1. The summed E-state index contributed by atoms with van der Waals surface area (Å²) in [5.41, 5.74) is 1.87. The lowest BCUT2D eigenvalue weighted by Gasteiger charge is -2.05. The van der Waals surface area contributed by atoms with E-state index < -0.39 is 5.82 Å². The third-order valence-electron chi connectivity index (χ3n) is 3.24. The molecule has 0 spiro atoms. The van der Waals surface area contributed by atoms with E-state index >= 15 is 0 Å². The number of halogens is 1. The van der Waals surface area contributed by atoms with Crippen molar-refractivity contribution in [3.63, 3.8) is 0 Å². The van der Waals surface area contributed by atoms with Crippen LogP contribution in [0.3, 0.4) is 0 Å². The first-order valence-corrected chi connectivity index (χ1v) is 6.80. The predicted octanol–water partition coefficient (Wildman–Crippen LogP) is 3.69. The van der Waals surface area contributed by atoms with Gasteiger partial charge in [-0.05, 0) is 35.9 Å². The Bertz CT molecular complexity index is 893. The van der Waals surface area contributed by atoms with Crippen LogP contribution >= 0.6 is 0 Å². The number of allylic oxidation sites excluding steroid dienone is 1. The Kier molecular flexibility index (Phi) is 3.92. The number of nitrogens with zero attached hydrogens (tertiary/aromatic N) is 2. The topological polar surface area (TPSA) is 33.8 Å². The molecule has 0 saturated carbocycles. The smallest absolute Gasteiger partial charge is 0.263 e. The number of hydrogen-bond donors (Lipinski definition) is 0. The zero-order valence-corrected chi connectivity index (χ0v) is 11.7. The standard InChI is InChI=1S/C15H10FNO.C3H3N/c16-12-6-7-13-8-9-14(15(18)17(13)10-12)11-4-2-1-3-5-11;1-2-4-3-1/h1-10H;1-3H. The number of aliphatic imine (C=N–C) groups is 1. The van der Waals surface area contributed by atoms with E-state index in [9.17, 15) is 9.18 Å². The summed E-state index contributed by atoms with van der Waals surface area (Å²) < 4.78 is 14.5. The van der Waals surface area contributed by atoms with E-state index in [1.807, 2.05) is 42.5 Å². The molecule has 0 radical (unpaired) electrons. The molecule has 1 aliphatic rings. The zero-order chi connectivity index (χ0) is 15.4. The van der Waals surface area contributed by atoms with Gasteiger partial charge in [-0.1, -0.05) is 30.3 Å². The number of aromatic nitrogens is 1. The van der Waals surface area contributed by atoms with Crippen LogP contribution in [0.15, 0.2) is 82.9 Å². The first kappa shape index (κ1) is 13.9. The van der Waals surface area contributed by atoms with Crippen LogP contribution in [-0.4, -0.2) is 10.6 Å². The average Bonchev–Trinajstić information content (AvgIpc) is 2.47. The molecule has 0 amide bonds. The normalized spacial score (nSPS) is 11.7. The maximum absolute atomic E-state index is 13.2. The molecule has 0 unspecified atom stereocenters. The fourth-order valence-electron chi connectivity index (χ4n) is 2.09. The minimum Gasteiger partial charge on any atom is -0.281 e. The van der Waals surface area contributed by atoms with Gasteiger partial charge in [0.05, 0.1) is 0 Å². The highest BCUT2D eigenvalue weighted by atomic mass is 19.1. The van der Waals surface area contributed by atoms with Crippen molar-refractivity contribution in [2.24, 2.45) is 4.99 Å². The molecular weight excluding hydrogens is 279 g/mol. The van der Waals surface area contributed by atoms with Crippen molar-refractivity contribution in [3.05, 3.63) is 89.2 Å². The SMILES string of the molecule is C1=CN=C1.O=c1c(-c2ccccc2)ccc2ccc(F)cn12. The molecule has 22 heavy (non-hydrogen) atoms. The van der Waals surface area contributed by atoms with Crippen molar-refractivity contribution in [3.8, 4) is 11.1 Å². The van der Waals surface area contributed by atoms with Crippen LogP contribution in [0, 0.1) is 5.82 Å². The summed E-state index contributed by atoms with van der Waals surface area (Å²) in [6.45, 7) is 0. The van der Waals surface area contributed by atoms with Crippen molar-refractivity contribution in [2.75, 3.05) is 0 Å². The minimum atomic E-state index is -0.421. The molecule has 3 aromatic rings. The van der Waals surface area contributed by atoms with Crippen LogP contribution < -0.4 is 5.56 Å². The van der Waals surface area contributed by atoms with Gasteiger partial charge in [-0.2, -0.15) is 0 Å². The molecule has 0 bridgehead atoms. The van der Waals surface area contributed by atoms with Crippen molar-refractivity contribution < 1.29 is 4.39 Å². The van der Waals surface area contributed by atoms with Crippen LogP contribution in [0.5, 0.6) is 0 Å². The minimum absolute atomic E-state index is 0.210.